The minimum absolute atomic E-state index is 0.0278. The van der Waals surface area contributed by atoms with Crippen LogP contribution < -0.4 is 5.32 Å². The van der Waals surface area contributed by atoms with Gasteiger partial charge in [-0.3, -0.25) is 4.79 Å². The molecule has 0 aliphatic carbocycles. The predicted octanol–water partition coefficient (Wildman–Crippen LogP) is 4.54. The van der Waals surface area contributed by atoms with Crippen molar-refractivity contribution in [2.75, 3.05) is 13.1 Å². The highest BCUT2D eigenvalue weighted by atomic mass is 32.1. The zero-order valence-electron chi connectivity index (χ0n) is 17.5. The summed E-state index contributed by atoms with van der Waals surface area (Å²) in [6, 6.07) is 17.6. The lowest BCUT2D eigenvalue weighted by Gasteiger charge is -2.37. The van der Waals surface area contributed by atoms with Gasteiger partial charge in [0.2, 0.25) is 5.90 Å². The molecule has 0 unspecified atom stereocenters. The van der Waals surface area contributed by atoms with Crippen molar-refractivity contribution >= 4 is 40.0 Å². The highest BCUT2D eigenvalue weighted by Crippen LogP contribution is 2.35. The molecule has 8 heteroatoms. The molecule has 2 aliphatic rings. The fourth-order valence-electron chi connectivity index (χ4n) is 4.23. The van der Waals surface area contributed by atoms with E-state index in [1.807, 2.05) is 64.9 Å². The Kier molecular flexibility index (Phi) is 5.53. The van der Waals surface area contributed by atoms with Crippen molar-refractivity contribution in [1.29, 1.82) is 0 Å². The van der Waals surface area contributed by atoms with Crippen LogP contribution in [0.1, 0.15) is 34.5 Å². The quantitative estimate of drug-likeness (QED) is 0.637. The number of carbonyl (C=O) groups is 2. The van der Waals surface area contributed by atoms with Crippen LogP contribution >= 0.6 is 11.3 Å². The summed E-state index contributed by atoms with van der Waals surface area (Å²) in [6.07, 6.45) is 1.16. The Labute approximate surface area is 189 Å². The summed E-state index contributed by atoms with van der Waals surface area (Å²) in [6.45, 7) is 1.55. The molecule has 3 heterocycles. The molecule has 7 nitrogen and oxygen atoms in total. The molecule has 1 spiro atoms. The van der Waals surface area contributed by atoms with Gasteiger partial charge in [0.1, 0.15) is 5.60 Å². The van der Waals surface area contributed by atoms with Crippen molar-refractivity contribution in [2.24, 2.45) is 5.16 Å². The van der Waals surface area contributed by atoms with E-state index in [0.717, 1.165) is 15.6 Å². The van der Waals surface area contributed by atoms with Gasteiger partial charge in [0.25, 0.3) is 5.91 Å². The molecule has 0 bridgehead atoms. The first-order chi connectivity index (χ1) is 15.6. The number of piperidine rings is 1. The van der Waals surface area contributed by atoms with Gasteiger partial charge < -0.3 is 19.8 Å². The first kappa shape index (κ1) is 20.5. The second-order valence-corrected chi connectivity index (χ2v) is 9.11. The van der Waals surface area contributed by atoms with Gasteiger partial charge in [-0.2, -0.15) is 0 Å². The summed E-state index contributed by atoms with van der Waals surface area (Å²) in [4.78, 5) is 33.8. The largest absolute Gasteiger partial charge is 0.414 e. The van der Waals surface area contributed by atoms with E-state index >= 15 is 0 Å². The topological polar surface area (TPSA) is 80.2 Å². The van der Waals surface area contributed by atoms with Gasteiger partial charge >= 0.3 is 6.09 Å². The molecule has 32 heavy (non-hydrogen) atoms. The van der Waals surface area contributed by atoms with Crippen LogP contribution in [0.5, 0.6) is 0 Å². The Bertz CT molecular complexity index is 1160. The van der Waals surface area contributed by atoms with E-state index in [9.17, 15) is 9.59 Å². The lowest BCUT2D eigenvalue weighted by Crippen LogP contribution is -2.47. The van der Waals surface area contributed by atoms with E-state index in [1.54, 1.807) is 11.3 Å². The molecular formula is C24H23N3O4S. The molecule has 3 aromatic rings. The average molecular weight is 450 g/mol. The van der Waals surface area contributed by atoms with Crippen molar-refractivity contribution < 1.29 is 19.2 Å². The summed E-state index contributed by atoms with van der Waals surface area (Å²) in [5.41, 5.74) is 0.202. The molecule has 2 aliphatic heterocycles. The number of fused-ring (bicyclic) bond motifs is 1. The minimum Gasteiger partial charge on any atom is -0.392 e. The first-order valence-corrected chi connectivity index (χ1v) is 11.5. The van der Waals surface area contributed by atoms with Gasteiger partial charge in [0.05, 0.1) is 13.0 Å². The smallest absolute Gasteiger partial charge is 0.392 e. The molecule has 1 aromatic heterocycles. The zero-order valence-corrected chi connectivity index (χ0v) is 18.3. The fourth-order valence-corrected chi connectivity index (χ4v) is 4.87. The summed E-state index contributed by atoms with van der Waals surface area (Å²) < 4.78 is 5.33. The van der Waals surface area contributed by atoms with Gasteiger partial charge in [-0.15, -0.1) is 11.3 Å². The molecule has 5 rings (SSSR count). The molecule has 0 saturated carbocycles. The maximum atomic E-state index is 13.2. The molecule has 164 valence electrons. The van der Waals surface area contributed by atoms with E-state index in [1.165, 1.54) is 0 Å². The number of likely N-dealkylation sites (tertiary alicyclic amines) is 1. The zero-order chi connectivity index (χ0) is 22.0. The van der Waals surface area contributed by atoms with Crippen molar-refractivity contribution in [2.45, 2.75) is 31.4 Å². The number of nitrogens with one attached hydrogen (secondary N) is 1. The van der Waals surface area contributed by atoms with Crippen LogP contribution in [0.3, 0.4) is 0 Å². The maximum absolute atomic E-state index is 13.2. The third kappa shape index (κ3) is 4.18. The van der Waals surface area contributed by atoms with Crippen LogP contribution in [0.25, 0.3) is 10.8 Å². The monoisotopic (exact) mass is 449 g/mol. The van der Waals surface area contributed by atoms with Gasteiger partial charge in [-0.1, -0.05) is 47.6 Å². The predicted molar refractivity (Wildman–Crippen MR) is 123 cm³/mol. The standard InChI is InChI=1S/C24H23N3O4S/c28-22(20-9-3-6-17-5-1-2-8-19(17)20)27-12-10-24(11-13-27)15-21(26-31-24)30-23(29)25-16-18-7-4-14-32-18/h1-9,14H,10-13,15-16H2,(H,25,29). The van der Waals surface area contributed by atoms with Crippen molar-refractivity contribution in [3.63, 3.8) is 0 Å². The van der Waals surface area contributed by atoms with Crippen LogP contribution in [0.4, 0.5) is 4.79 Å². The van der Waals surface area contributed by atoms with Crippen LogP contribution in [0, 0.1) is 0 Å². The van der Waals surface area contributed by atoms with Gasteiger partial charge in [-0.05, 0) is 28.3 Å². The molecule has 0 atom stereocenters. The van der Waals surface area contributed by atoms with Crippen LogP contribution in [0.2, 0.25) is 0 Å². The Morgan fingerprint density at radius 1 is 1.09 bits per heavy atom. The number of hydrogen-bond acceptors (Lipinski definition) is 6. The molecule has 2 aromatic carbocycles. The van der Waals surface area contributed by atoms with Crippen LogP contribution in [-0.4, -0.2) is 41.5 Å². The van der Waals surface area contributed by atoms with E-state index in [2.05, 4.69) is 10.5 Å². The number of nitrogens with zero attached hydrogens (tertiary/aromatic N) is 2. The summed E-state index contributed by atoms with van der Waals surface area (Å²) in [5.74, 6) is 0.308. The number of oxime groups is 1. The lowest BCUT2D eigenvalue weighted by molar-refractivity contribution is -0.0568. The number of alkyl carbamates (subject to hydrolysis) is 1. The van der Waals surface area contributed by atoms with Gasteiger partial charge in [0.15, 0.2) is 0 Å². The number of benzene rings is 2. The summed E-state index contributed by atoms with van der Waals surface area (Å²) in [5, 5.41) is 10.7. The van der Waals surface area contributed by atoms with Gasteiger partial charge in [-0.25, -0.2) is 4.79 Å². The average Bonchev–Trinajstić information content (AvgIpc) is 3.48. The second-order valence-electron chi connectivity index (χ2n) is 8.08. The van der Waals surface area contributed by atoms with E-state index in [4.69, 9.17) is 9.57 Å². The number of carbonyl (C=O) groups excluding carboxylic acids is 2. The van der Waals surface area contributed by atoms with Crippen LogP contribution in [-0.2, 0) is 16.1 Å². The Morgan fingerprint density at radius 2 is 1.91 bits per heavy atom. The van der Waals surface area contributed by atoms with Gasteiger partial charge in [0, 0.05) is 36.4 Å². The Morgan fingerprint density at radius 3 is 2.72 bits per heavy atom. The van der Waals surface area contributed by atoms with E-state index in [-0.39, 0.29) is 11.8 Å². The Hall–Kier alpha value is -3.39. The second kappa shape index (κ2) is 8.63. The number of rotatable bonds is 3. The summed E-state index contributed by atoms with van der Waals surface area (Å²) >= 11 is 1.57. The first-order valence-electron chi connectivity index (χ1n) is 10.6. The lowest BCUT2D eigenvalue weighted by atomic mass is 9.88. The molecule has 0 radical (unpaired) electrons. The molecule has 1 saturated heterocycles. The number of hydrogen-bond donors (Lipinski definition) is 1. The SMILES string of the molecule is O=C(NCc1cccs1)OC1=NOC2(CCN(C(=O)c3cccc4ccccc34)CC2)C1. The normalized spacial score (nSPS) is 17.1. The third-order valence-electron chi connectivity index (χ3n) is 5.99. The molecule has 2 amide bonds. The fraction of sp³-hybridized carbons (Fsp3) is 0.292. The number of thiophene rings is 1. The number of amides is 2. The molecular weight excluding hydrogens is 426 g/mol. The maximum Gasteiger partial charge on any atom is 0.414 e. The highest BCUT2D eigenvalue weighted by molar-refractivity contribution is 7.09. The minimum atomic E-state index is -0.540. The van der Waals surface area contributed by atoms with Crippen molar-refractivity contribution in [1.82, 2.24) is 10.2 Å². The summed E-state index contributed by atoms with van der Waals surface area (Å²) in [7, 11) is 0. The third-order valence-corrected chi connectivity index (χ3v) is 6.87. The number of ether oxygens (including phenoxy) is 1. The van der Waals surface area contributed by atoms with Crippen molar-refractivity contribution in [3.8, 4) is 0 Å². The molecule has 1 fully saturated rings. The van der Waals surface area contributed by atoms with Crippen molar-refractivity contribution in [3.05, 3.63) is 70.4 Å². The van der Waals surface area contributed by atoms with Crippen LogP contribution in [0.15, 0.2) is 65.1 Å². The molecule has 1 N–H and O–H groups in total. The van der Waals surface area contributed by atoms with E-state index in [0.29, 0.717) is 44.5 Å². The highest BCUT2D eigenvalue weighted by Gasteiger charge is 2.44. The van der Waals surface area contributed by atoms with E-state index < -0.39 is 11.7 Å². The Balaban J connectivity index is 1.15.